The van der Waals surface area contributed by atoms with Crippen LogP contribution < -0.4 is 0 Å². The van der Waals surface area contributed by atoms with E-state index in [1.54, 1.807) is 0 Å². The highest BCUT2D eigenvalue weighted by Gasteiger charge is 2.12. The second kappa shape index (κ2) is 4.98. The SMILES string of the molecule is CC(C)c1nc(Cl)cc(-c2cc(F)ccc2F)n1. The van der Waals surface area contributed by atoms with Crippen molar-refractivity contribution in [2.75, 3.05) is 0 Å². The van der Waals surface area contributed by atoms with Gasteiger partial charge in [0, 0.05) is 17.5 Å². The van der Waals surface area contributed by atoms with Gasteiger partial charge in [-0.2, -0.15) is 0 Å². The molecule has 94 valence electrons. The summed E-state index contributed by atoms with van der Waals surface area (Å²) in [6, 6.07) is 4.64. The molecular formula is C13H11ClF2N2. The Labute approximate surface area is 109 Å². The number of aromatic nitrogens is 2. The maximum atomic E-state index is 13.6. The lowest BCUT2D eigenvalue weighted by Crippen LogP contribution is -2.00. The highest BCUT2D eigenvalue weighted by Crippen LogP contribution is 2.25. The Morgan fingerprint density at radius 2 is 1.83 bits per heavy atom. The maximum absolute atomic E-state index is 13.6. The first-order chi connectivity index (χ1) is 8.47. The van der Waals surface area contributed by atoms with Crippen molar-refractivity contribution in [1.82, 2.24) is 9.97 Å². The summed E-state index contributed by atoms with van der Waals surface area (Å²) in [5.41, 5.74) is 0.372. The van der Waals surface area contributed by atoms with E-state index in [1.165, 1.54) is 6.07 Å². The fraction of sp³-hybridized carbons (Fsp3) is 0.231. The third kappa shape index (κ3) is 2.64. The van der Waals surface area contributed by atoms with Crippen LogP contribution in [0.5, 0.6) is 0 Å². The lowest BCUT2D eigenvalue weighted by atomic mass is 10.1. The fourth-order valence-corrected chi connectivity index (χ4v) is 1.72. The van der Waals surface area contributed by atoms with Gasteiger partial charge in [-0.25, -0.2) is 18.7 Å². The van der Waals surface area contributed by atoms with E-state index < -0.39 is 11.6 Å². The van der Waals surface area contributed by atoms with E-state index in [4.69, 9.17) is 11.6 Å². The summed E-state index contributed by atoms with van der Waals surface area (Å²) in [5.74, 6) is -0.506. The van der Waals surface area contributed by atoms with E-state index in [9.17, 15) is 8.78 Å². The Bertz CT molecular complexity index is 585. The largest absolute Gasteiger partial charge is 0.232 e. The van der Waals surface area contributed by atoms with Crippen LogP contribution in [0.15, 0.2) is 24.3 Å². The number of hydrogen-bond donors (Lipinski definition) is 0. The predicted molar refractivity (Wildman–Crippen MR) is 66.5 cm³/mol. The van der Waals surface area contributed by atoms with Crippen LogP contribution in [-0.4, -0.2) is 9.97 Å². The molecule has 0 aliphatic heterocycles. The summed E-state index contributed by atoms with van der Waals surface area (Å²) in [5, 5.41) is 0.215. The Hall–Kier alpha value is -1.55. The van der Waals surface area contributed by atoms with E-state index in [1.807, 2.05) is 13.8 Å². The minimum atomic E-state index is -0.541. The van der Waals surface area contributed by atoms with E-state index in [0.717, 1.165) is 18.2 Å². The summed E-state index contributed by atoms with van der Waals surface area (Å²) in [6.07, 6.45) is 0. The van der Waals surface area contributed by atoms with E-state index >= 15 is 0 Å². The first-order valence-corrected chi connectivity index (χ1v) is 5.85. The summed E-state index contributed by atoms with van der Waals surface area (Å²) in [4.78, 5) is 8.25. The van der Waals surface area contributed by atoms with Crippen LogP contribution in [0, 0.1) is 11.6 Å². The minimum absolute atomic E-state index is 0.0547. The lowest BCUT2D eigenvalue weighted by Gasteiger charge is -2.08. The number of halogens is 3. The molecule has 0 amide bonds. The Morgan fingerprint density at radius 3 is 2.50 bits per heavy atom. The second-order valence-corrected chi connectivity index (χ2v) is 4.60. The van der Waals surface area contributed by atoms with Gasteiger partial charge >= 0.3 is 0 Å². The van der Waals surface area contributed by atoms with Gasteiger partial charge in [-0.3, -0.25) is 0 Å². The minimum Gasteiger partial charge on any atom is -0.232 e. The third-order valence-electron chi connectivity index (χ3n) is 2.43. The number of nitrogens with zero attached hydrogens (tertiary/aromatic N) is 2. The van der Waals surface area contributed by atoms with E-state index in [2.05, 4.69) is 9.97 Å². The Kier molecular flexibility index (Phi) is 3.57. The molecule has 0 bridgehead atoms. The van der Waals surface area contributed by atoms with Gasteiger partial charge in [-0.15, -0.1) is 0 Å². The molecule has 0 aliphatic rings. The van der Waals surface area contributed by atoms with E-state index in [0.29, 0.717) is 5.82 Å². The smallest absolute Gasteiger partial charge is 0.133 e. The Balaban J connectivity index is 2.60. The molecule has 2 rings (SSSR count). The summed E-state index contributed by atoms with van der Waals surface area (Å²) < 4.78 is 26.8. The molecule has 0 aliphatic carbocycles. The number of hydrogen-bond acceptors (Lipinski definition) is 2. The molecule has 0 radical (unpaired) electrons. The summed E-state index contributed by atoms with van der Waals surface area (Å²) in [6.45, 7) is 3.80. The first kappa shape index (κ1) is 12.9. The number of rotatable bonds is 2. The topological polar surface area (TPSA) is 25.8 Å². The molecule has 0 fully saturated rings. The lowest BCUT2D eigenvalue weighted by molar-refractivity contribution is 0.602. The molecule has 5 heteroatoms. The highest BCUT2D eigenvalue weighted by atomic mass is 35.5. The molecule has 0 N–H and O–H groups in total. The standard InChI is InChI=1S/C13H11ClF2N2/c1-7(2)13-17-11(6-12(14)18-13)9-5-8(15)3-4-10(9)16/h3-7H,1-2H3. The average Bonchev–Trinajstić information content (AvgIpc) is 2.31. The molecule has 0 spiro atoms. The zero-order chi connectivity index (χ0) is 13.3. The van der Waals surface area contributed by atoms with Crippen LogP contribution in [0.1, 0.15) is 25.6 Å². The van der Waals surface area contributed by atoms with Gasteiger partial charge < -0.3 is 0 Å². The fourth-order valence-electron chi connectivity index (χ4n) is 1.53. The molecule has 0 unspecified atom stereocenters. The molecule has 0 saturated carbocycles. The third-order valence-corrected chi connectivity index (χ3v) is 2.63. The van der Waals surface area contributed by atoms with Crippen LogP contribution in [0.25, 0.3) is 11.3 Å². The van der Waals surface area contributed by atoms with Crippen molar-refractivity contribution in [2.45, 2.75) is 19.8 Å². The zero-order valence-corrected chi connectivity index (χ0v) is 10.7. The van der Waals surface area contributed by atoms with Gasteiger partial charge in [0.15, 0.2) is 0 Å². The van der Waals surface area contributed by atoms with Crippen LogP contribution in [0.4, 0.5) is 8.78 Å². The van der Waals surface area contributed by atoms with Crippen molar-refractivity contribution in [1.29, 1.82) is 0 Å². The van der Waals surface area contributed by atoms with Gasteiger partial charge in [0.2, 0.25) is 0 Å². The molecule has 0 atom stereocenters. The summed E-state index contributed by atoms with van der Waals surface area (Å²) >= 11 is 5.87. The molecule has 0 saturated heterocycles. The van der Waals surface area contributed by atoms with Gasteiger partial charge in [0.25, 0.3) is 0 Å². The zero-order valence-electron chi connectivity index (χ0n) is 9.92. The maximum Gasteiger partial charge on any atom is 0.133 e. The molecule has 1 heterocycles. The van der Waals surface area contributed by atoms with Crippen molar-refractivity contribution < 1.29 is 8.78 Å². The van der Waals surface area contributed by atoms with Gasteiger partial charge in [0.1, 0.15) is 22.6 Å². The molecule has 2 nitrogen and oxygen atoms in total. The normalized spacial score (nSPS) is 11.0. The molecule has 1 aromatic carbocycles. The van der Waals surface area contributed by atoms with Crippen LogP contribution in [0.3, 0.4) is 0 Å². The monoisotopic (exact) mass is 268 g/mol. The molecule has 18 heavy (non-hydrogen) atoms. The van der Waals surface area contributed by atoms with Crippen molar-refractivity contribution >= 4 is 11.6 Å². The average molecular weight is 269 g/mol. The van der Waals surface area contributed by atoms with Gasteiger partial charge in [-0.05, 0) is 18.2 Å². The summed E-state index contributed by atoms with van der Waals surface area (Å²) in [7, 11) is 0. The molecule has 1 aromatic heterocycles. The second-order valence-electron chi connectivity index (χ2n) is 4.21. The van der Waals surface area contributed by atoms with Crippen molar-refractivity contribution in [3.63, 3.8) is 0 Å². The molecule has 2 aromatic rings. The van der Waals surface area contributed by atoms with Crippen molar-refractivity contribution in [3.05, 3.63) is 46.9 Å². The Morgan fingerprint density at radius 1 is 1.11 bits per heavy atom. The first-order valence-electron chi connectivity index (χ1n) is 5.47. The van der Waals surface area contributed by atoms with Gasteiger partial charge in [0.05, 0.1) is 5.69 Å². The quantitative estimate of drug-likeness (QED) is 0.763. The number of benzene rings is 1. The molecular weight excluding hydrogens is 258 g/mol. The van der Waals surface area contributed by atoms with Crippen molar-refractivity contribution in [2.24, 2.45) is 0 Å². The van der Waals surface area contributed by atoms with Gasteiger partial charge in [-0.1, -0.05) is 25.4 Å². The van der Waals surface area contributed by atoms with Crippen molar-refractivity contribution in [3.8, 4) is 11.3 Å². The van der Waals surface area contributed by atoms with E-state index in [-0.39, 0.29) is 22.3 Å². The predicted octanol–water partition coefficient (Wildman–Crippen LogP) is 4.20. The highest BCUT2D eigenvalue weighted by molar-refractivity contribution is 6.29. The van der Waals surface area contributed by atoms with Crippen LogP contribution in [-0.2, 0) is 0 Å². The van der Waals surface area contributed by atoms with Crippen LogP contribution in [0.2, 0.25) is 5.15 Å². The van der Waals surface area contributed by atoms with Crippen LogP contribution >= 0.6 is 11.6 Å².